The molecule has 4 rings (SSSR count). The number of carboxylic acid groups (broad SMARTS) is 1. The molecule has 1 N–H and O–H groups in total. The summed E-state index contributed by atoms with van der Waals surface area (Å²) < 4.78 is 14.2. The maximum Gasteiger partial charge on any atom is 0.407 e. The van der Waals surface area contributed by atoms with Crippen molar-refractivity contribution >= 4 is 34.5 Å². The second-order valence-electron chi connectivity index (χ2n) is 8.18. The van der Waals surface area contributed by atoms with E-state index >= 15 is 0 Å². The predicted octanol–water partition coefficient (Wildman–Crippen LogP) is 5.22. The van der Waals surface area contributed by atoms with E-state index in [0.717, 1.165) is 12.0 Å². The number of amides is 2. The van der Waals surface area contributed by atoms with Crippen LogP contribution in [0.3, 0.4) is 0 Å². The predicted molar refractivity (Wildman–Crippen MR) is 122 cm³/mol. The Labute approximate surface area is 190 Å². The van der Waals surface area contributed by atoms with Gasteiger partial charge in [0.1, 0.15) is 5.82 Å². The van der Waals surface area contributed by atoms with Gasteiger partial charge in [-0.05, 0) is 61.2 Å². The number of aryl methyl sites for hydroxylation is 1. The molecule has 1 aromatic heterocycles. The van der Waals surface area contributed by atoms with Crippen LogP contribution in [0.25, 0.3) is 22.0 Å². The molecule has 3 aromatic rings. The van der Waals surface area contributed by atoms with E-state index in [0.29, 0.717) is 45.6 Å². The fourth-order valence-corrected chi connectivity index (χ4v) is 4.55. The van der Waals surface area contributed by atoms with Gasteiger partial charge in [-0.1, -0.05) is 17.7 Å². The average Bonchev–Trinajstić information content (AvgIpc) is 3.20. The zero-order chi connectivity index (χ0) is 23.0. The van der Waals surface area contributed by atoms with Crippen LogP contribution in [0.1, 0.15) is 28.8 Å². The Morgan fingerprint density at radius 1 is 1.28 bits per heavy atom. The number of likely N-dealkylation sites (tertiary alicyclic amines) is 1. The number of aromatic nitrogens is 1. The van der Waals surface area contributed by atoms with Crippen molar-refractivity contribution in [2.24, 2.45) is 0 Å². The number of pyridine rings is 1. The summed E-state index contributed by atoms with van der Waals surface area (Å²) >= 11 is 6.23. The minimum Gasteiger partial charge on any atom is -0.465 e. The maximum absolute atomic E-state index is 14.2. The van der Waals surface area contributed by atoms with E-state index in [1.807, 2.05) is 0 Å². The third kappa shape index (κ3) is 4.25. The molecule has 166 valence electrons. The van der Waals surface area contributed by atoms with Crippen molar-refractivity contribution < 1.29 is 19.1 Å². The van der Waals surface area contributed by atoms with Crippen LogP contribution in [0.15, 0.2) is 42.6 Å². The molecule has 8 heteroatoms. The fraction of sp³-hybridized carbons (Fsp3) is 0.292. The highest BCUT2D eigenvalue weighted by Gasteiger charge is 2.31. The molecular formula is C24H23ClFN3O3. The molecule has 1 fully saturated rings. The number of carbonyl (C=O) groups is 2. The monoisotopic (exact) mass is 455 g/mol. The van der Waals surface area contributed by atoms with Crippen LogP contribution >= 0.6 is 11.6 Å². The summed E-state index contributed by atoms with van der Waals surface area (Å²) in [6, 6.07) is 9.44. The Balaban J connectivity index is 1.81. The molecule has 1 atom stereocenters. The highest BCUT2D eigenvalue weighted by molar-refractivity contribution is 6.31. The maximum atomic E-state index is 14.2. The average molecular weight is 456 g/mol. The van der Waals surface area contributed by atoms with E-state index in [1.54, 1.807) is 44.4 Å². The van der Waals surface area contributed by atoms with Crippen LogP contribution in [0.2, 0.25) is 5.02 Å². The number of carbonyl (C=O) groups excluding carboxylic acids is 1. The normalized spacial score (nSPS) is 15.9. The van der Waals surface area contributed by atoms with E-state index in [1.165, 1.54) is 21.9 Å². The Kier molecular flexibility index (Phi) is 6.02. The molecule has 2 amide bonds. The van der Waals surface area contributed by atoms with Gasteiger partial charge in [0.2, 0.25) is 0 Å². The zero-order valence-electron chi connectivity index (χ0n) is 17.8. The van der Waals surface area contributed by atoms with Crippen LogP contribution in [-0.2, 0) is 0 Å². The molecule has 1 aliphatic rings. The SMILES string of the molecule is Cc1cc(F)cc(-c2cnc3ccc(Cl)cc3c2C(=O)N(C)C[C@@H]2CCCN2C(=O)O)c1. The number of nitrogens with zero attached hydrogens (tertiary/aromatic N) is 3. The molecule has 0 unspecified atom stereocenters. The van der Waals surface area contributed by atoms with Crippen molar-refractivity contribution in [3.05, 3.63) is 64.6 Å². The third-order valence-corrected chi connectivity index (χ3v) is 6.09. The number of hydrogen-bond acceptors (Lipinski definition) is 3. The number of rotatable bonds is 4. The van der Waals surface area contributed by atoms with Crippen molar-refractivity contribution in [1.29, 1.82) is 0 Å². The summed E-state index contributed by atoms with van der Waals surface area (Å²) in [6.45, 7) is 2.51. The largest absolute Gasteiger partial charge is 0.465 e. The molecule has 0 bridgehead atoms. The Morgan fingerprint density at radius 3 is 2.78 bits per heavy atom. The van der Waals surface area contributed by atoms with Gasteiger partial charge in [0, 0.05) is 42.3 Å². The Hall–Kier alpha value is -3.19. The summed E-state index contributed by atoms with van der Waals surface area (Å²) in [5.74, 6) is -0.699. The summed E-state index contributed by atoms with van der Waals surface area (Å²) in [4.78, 5) is 32.6. The summed E-state index contributed by atoms with van der Waals surface area (Å²) in [6.07, 6.45) is 2.05. The fourth-order valence-electron chi connectivity index (χ4n) is 4.37. The first-order valence-electron chi connectivity index (χ1n) is 10.4. The van der Waals surface area contributed by atoms with Gasteiger partial charge < -0.3 is 14.9 Å². The summed E-state index contributed by atoms with van der Waals surface area (Å²) in [5, 5.41) is 10.5. The molecule has 0 spiro atoms. The lowest BCUT2D eigenvalue weighted by Crippen LogP contribution is -2.43. The van der Waals surface area contributed by atoms with E-state index in [4.69, 9.17) is 11.6 Å². The van der Waals surface area contributed by atoms with Crippen LogP contribution in [0, 0.1) is 12.7 Å². The van der Waals surface area contributed by atoms with Gasteiger partial charge in [-0.3, -0.25) is 9.78 Å². The second kappa shape index (κ2) is 8.74. The highest BCUT2D eigenvalue weighted by atomic mass is 35.5. The summed E-state index contributed by atoms with van der Waals surface area (Å²) in [5.41, 5.74) is 2.73. The van der Waals surface area contributed by atoms with Crippen molar-refractivity contribution in [3.63, 3.8) is 0 Å². The van der Waals surface area contributed by atoms with E-state index in [9.17, 15) is 19.1 Å². The molecular weight excluding hydrogens is 433 g/mol. The number of halogens is 2. The molecule has 6 nitrogen and oxygen atoms in total. The molecule has 2 aromatic carbocycles. The number of benzene rings is 2. The standard InChI is InChI=1S/C24H23ClFN3O3/c1-14-8-15(10-17(26)9-14)20-12-27-21-6-5-16(25)11-19(21)22(20)23(30)28(2)13-18-4-3-7-29(18)24(31)32/h5-6,8-12,18H,3-4,7,13H2,1-2H3,(H,31,32)/t18-/m0/s1. The van der Waals surface area contributed by atoms with Crippen LogP contribution < -0.4 is 0 Å². The number of likely N-dealkylation sites (N-methyl/N-ethyl adjacent to an activating group) is 1. The molecule has 1 saturated heterocycles. The topological polar surface area (TPSA) is 73.7 Å². The van der Waals surface area contributed by atoms with Gasteiger partial charge in [0.05, 0.1) is 17.1 Å². The Bertz CT molecular complexity index is 1200. The highest BCUT2D eigenvalue weighted by Crippen LogP contribution is 2.32. The van der Waals surface area contributed by atoms with Crippen molar-refractivity contribution in [1.82, 2.24) is 14.8 Å². The summed E-state index contributed by atoms with van der Waals surface area (Å²) in [7, 11) is 1.65. The van der Waals surface area contributed by atoms with E-state index in [2.05, 4.69) is 4.98 Å². The van der Waals surface area contributed by atoms with Gasteiger partial charge in [-0.15, -0.1) is 0 Å². The Morgan fingerprint density at radius 2 is 2.06 bits per heavy atom. The van der Waals surface area contributed by atoms with Gasteiger partial charge in [-0.25, -0.2) is 9.18 Å². The third-order valence-electron chi connectivity index (χ3n) is 5.85. The first-order chi connectivity index (χ1) is 15.2. The lowest BCUT2D eigenvalue weighted by Gasteiger charge is -2.27. The molecule has 2 heterocycles. The van der Waals surface area contributed by atoms with Crippen LogP contribution in [0.4, 0.5) is 9.18 Å². The minimum atomic E-state index is -0.981. The number of fused-ring (bicyclic) bond motifs is 1. The minimum absolute atomic E-state index is 0.261. The van der Waals surface area contributed by atoms with Gasteiger partial charge >= 0.3 is 6.09 Å². The van der Waals surface area contributed by atoms with E-state index < -0.39 is 11.9 Å². The zero-order valence-corrected chi connectivity index (χ0v) is 18.6. The van der Waals surface area contributed by atoms with E-state index in [-0.39, 0.29) is 18.5 Å². The molecule has 0 radical (unpaired) electrons. The van der Waals surface area contributed by atoms with Crippen LogP contribution in [-0.4, -0.2) is 58.1 Å². The van der Waals surface area contributed by atoms with Gasteiger partial charge in [-0.2, -0.15) is 0 Å². The molecule has 1 aliphatic heterocycles. The smallest absolute Gasteiger partial charge is 0.407 e. The molecule has 0 saturated carbocycles. The van der Waals surface area contributed by atoms with Crippen LogP contribution in [0.5, 0.6) is 0 Å². The lowest BCUT2D eigenvalue weighted by atomic mass is 9.95. The van der Waals surface area contributed by atoms with Gasteiger partial charge in [0.25, 0.3) is 5.91 Å². The first-order valence-corrected chi connectivity index (χ1v) is 10.7. The quantitative estimate of drug-likeness (QED) is 0.585. The first kappa shape index (κ1) is 22.0. The second-order valence-corrected chi connectivity index (χ2v) is 8.62. The lowest BCUT2D eigenvalue weighted by molar-refractivity contribution is 0.0746. The van der Waals surface area contributed by atoms with Gasteiger partial charge in [0.15, 0.2) is 0 Å². The molecule has 0 aliphatic carbocycles. The van der Waals surface area contributed by atoms with Crippen molar-refractivity contribution in [2.45, 2.75) is 25.8 Å². The molecule has 32 heavy (non-hydrogen) atoms. The van der Waals surface area contributed by atoms with Crippen molar-refractivity contribution in [2.75, 3.05) is 20.1 Å². The number of hydrogen-bond donors (Lipinski definition) is 1. The van der Waals surface area contributed by atoms with Crippen molar-refractivity contribution in [3.8, 4) is 11.1 Å².